The summed E-state index contributed by atoms with van der Waals surface area (Å²) in [6.45, 7) is 7.80. The second-order valence-corrected chi connectivity index (χ2v) is 7.11. The second kappa shape index (κ2) is 6.43. The third kappa shape index (κ3) is 2.70. The zero-order valence-electron chi connectivity index (χ0n) is 15.3. The summed E-state index contributed by atoms with van der Waals surface area (Å²) in [5, 5.41) is 16.3. The van der Waals surface area contributed by atoms with E-state index in [9.17, 15) is 4.79 Å². The number of hydrogen-bond acceptors (Lipinski definition) is 6. The number of pyridine rings is 1. The van der Waals surface area contributed by atoms with Crippen molar-refractivity contribution in [3.63, 3.8) is 0 Å². The molecule has 0 aromatic carbocycles. The standard InChI is InChI=1S/C18H22N8O/c1-12-9-15-25(6-2-5-24-7-3-19-4-8-24)18(27)14-10-20-17-13(11-21-22-17)16(14)26(15)23-12/h9-11,19H,2-8H2,1H3,(H,20,21,22). The second-order valence-electron chi connectivity index (χ2n) is 7.11. The van der Waals surface area contributed by atoms with Crippen molar-refractivity contribution in [2.24, 2.45) is 0 Å². The van der Waals surface area contributed by atoms with Gasteiger partial charge in [-0.2, -0.15) is 10.2 Å². The monoisotopic (exact) mass is 366 g/mol. The third-order valence-electron chi connectivity index (χ3n) is 5.29. The van der Waals surface area contributed by atoms with E-state index in [2.05, 4.69) is 30.5 Å². The fourth-order valence-corrected chi connectivity index (χ4v) is 3.97. The number of hydrogen-bond donors (Lipinski definition) is 2. The third-order valence-corrected chi connectivity index (χ3v) is 5.29. The van der Waals surface area contributed by atoms with Crippen molar-refractivity contribution >= 4 is 27.6 Å². The first-order valence-corrected chi connectivity index (χ1v) is 9.36. The fourth-order valence-electron chi connectivity index (χ4n) is 3.97. The lowest BCUT2D eigenvalue weighted by molar-refractivity contribution is 0.234. The molecule has 5 rings (SSSR count). The minimum Gasteiger partial charge on any atom is -0.314 e. The Morgan fingerprint density at radius 2 is 2.00 bits per heavy atom. The Morgan fingerprint density at radius 1 is 1.15 bits per heavy atom. The average Bonchev–Trinajstić information content (AvgIpc) is 3.31. The Balaban J connectivity index is 1.59. The van der Waals surface area contributed by atoms with Crippen molar-refractivity contribution in [1.82, 2.24) is 39.6 Å². The highest BCUT2D eigenvalue weighted by molar-refractivity contribution is 6.01. The van der Waals surface area contributed by atoms with Gasteiger partial charge < -0.3 is 10.2 Å². The Morgan fingerprint density at radius 3 is 2.85 bits per heavy atom. The molecule has 0 bridgehead atoms. The zero-order chi connectivity index (χ0) is 18.4. The smallest absolute Gasteiger partial charge is 0.263 e. The van der Waals surface area contributed by atoms with Gasteiger partial charge in [-0.3, -0.25) is 14.5 Å². The summed E-state index contributed by atoms with van der Waals surface area (Å²) in [7, 11) is 0. The van der Waals surface area contributed by atoms with E-state index in [-0.39, 0.29) is 5.56 Å². The average molecular weight is 366 g/mol. The van der Waals surface area contributed by atoms with E-state index in [1.165, 1.54) is 0 Å². The van der Waals surface area contributed by atoms with Gasteiger partial charge in [-0.1, -0.05) is 0 Å². The summed E-state index contributed by atoms with van der Waals surface area (Å²) in [4.78, 5) is 20.0. The number of aromatic nitrogens is 6. The first-order valence-electron chi connectivity index (χ1n) is 9.36. The van der Waals surface area contributed by atoms with Crippen LogP contribution in [0.25, 0.3) is 27.6 Å². The van der Waals surface area contributed by atoms with Gasteiger partial charge in [0.15, 0.2) is 5.65 Å². The highest BCUT2D eigenvalue weighted by Crippen LogP contribution is 2.21. The first kappa shape index (κ1) is 16.4. The zero-order valence-corrected chi connectivity index (χ0v) is 15.3. The maximum Gasteiger partial charge on any atom is 0.263 e. The van der Waals surface area contributed by atoms with Crippen LogP contribution in [0.1, 0.15) is 12.1 Å². The normalized spacial score (nSPS) is 16.0. The van der Waals surface area contributed by atoms with Gasteiger partial charge >= 0.3 is 0 Å². The number of H-pyrrole nitrogens is 1. The van der Waals surface area contributed by atoms with E-state index in [1.807, 2.05) is 22.1 Å². The van der Waals surface area contributed by atoms with Crippen molar-refractivity contribution in [1.29, 1.82) is 0 Å². The van der Waals surface area contributed by atoms with Crippen LogP contribution in [0, 0.1) is 6.92 Å². The fraction of sp³-hybridized carbons (Fsp3) is 0.444. The Kier molecular flexibility index (Phi) is 3.91. The van der Waals surface area contributed by atoms with Crippen LogP contribution in [0.5, 0.6) is 0 Å². The summed E-state index contributed by atoms with van der Waals surface area (Å²) in [6.07, 6.45) is 4.25. The van der Waals surface area contributed by atoms with Gasteiger partial charge in [0.25, 0.3) is 5.56 Å². The minimum atomic E-state index is -0.0201. The Bertz CT molecular complexity index is 1180. The Labute approximate surface area is 155 Å². The molecule has 1 aliphatic heterocycles. The van der Waals surface area contributed by atoms with Crippen LogP contribution in [-0.4, -0.2) is 67.0 Å². The molecule has 0 unspecified atom stereocenters. The molecule has 0 amide bonds. The maximum absolute atomic E-state index is 13.2. The van der Waals surface area contributed by atoms with Crippen molar-refractivity contribution in [3.05, 3.63) is 34.5 Å². The summed E-state index contributed by atoms with van der Waals surface area (Å²) in [5.41, 5.74) is 3.10. The van der Waals surface area contributed by atoms with Crippen molar-refractivity contribution in [2.75, 3.05) is 32.7 Å². The van der Waals surface area contributed by atoms with Crippen molar-refractivity contribution in [3.8, 4) is 0 Å². The van der Waals surface area contributed by atoms with E-state index in [4.69, 9.17) is 0 Å². The molecule has 9 nitrogen and oxygen atoms in total. The van der Waals surface area contributed by atoms with Crippen LogP contribution < -0.4 is 10.9 Å². The molecular formula is C18H22N8O. The lowest BCUT2D eigenvalue weighted by Crippen LogP contribution is -2.44. The maximum atomic E-state index is 13.2. The van der Waals surface area contributed by atoms with Crippen molar-refractivity contribution < 1.29 is 0 Å². The summed E-state index contributed by atoms with van der Waals surface area (Å²) < 4.78 is 3.69. The number of nitrogens with one attached hydrogen (secondary N) is 2. The van der Waals surface area contributed by atoms with E-state index in [0.717, 1.165) is 61.4 Å². The predicted octanol–water partition coefficient (Wildman–Crippen LogP) is 0.524. The molecule has 0 spiro atoms. The molecule has 140 valence electrons. The van der Waals surface area contributed by atoms with Gasteiger partial charge in [-0.05, 0) is 19.9 Å². The minimum absolute atomic E-state index is 0.0201. The van der Waals surface area contributed by atoms with Gasteiger partial charge in [0.1, 0.15) is 5.65 Å². The molecule has 0 radical (unpaired) electrons. The first-order chi connectivity index (χ1) is 13.2. The van der Waals surface area contributed by atoms with Crippen LogP contribution in [0.2, 0.25) is 0 Å². The molecule has 2 N–H and O–H groups in total. The molecule has 27 heavy (non-hydrogen) atoms. The van der Waals surface area contributed by atoms with Gasteiger partial charge in [0.2, 0.25) is 0 Å². The van der Waals surface area contributed by atoms with Crippen LogP contribution in [-0.2, 0) is 6.54 Å². The molecule has 0 aliphatic carbocycles. The summed E-state index contributed by atoms with van der Waals surface area (Å²) >= 11 is 0. The van der Waals surface area contributed by atoms with Gasteiger partial charge in [0, 0.05) is 45.0 Å². The lowest BCUT2D eigenvalue weighted by atomic mass is 10.2. The van der Waals surface area contributed by atoms with E-state index in [0.29, 0.717) is 17.6 Å². The van der Waals surface area contributed by atoms with E-state index in [1.54, 1.807) is 12.4 Å². The SMILES string of the molecule is Cc1cc2n(CCCN3CCNCC3)c(=O)c3cnc4[nH]ncc4c3n2n1. The number of fused-ring (bicyclic) bond motifs is 5. The molecule has 0 atom stereocenters. The predicted molar refractivity (Wildman–Crippen MR) is 103 cm³/mol. The number of rotatable bonds is 4. The molecular weight excluding hydrogens is 344 g/mol. The molecule has 9 heteroatoms. The van der Waals surface area contributed by atoms with Gasteiger partial charge in [-0.25, -0.2) is 9.50 Å². The van der Waals surface area contributed by atoms with Crippen LogP contribution in [0.4, 0.5) is 0 Å². The van der Waals surface area contributed by atoms with Gasteiger partial charge in [-0.15, -0.1) is 0 Å². The van der Waals surface area contributed by atoms with Crippen LogP contribution in [0.15, 0.2) is 23.3 Å². The molecule has 5 heterocycles. The highest BCUT2D eigenvalue weighted by atomic mass is 16.1. The largest absolute Gasteiger partial charge is 0.314 e. The van der Waals surface area contributed by atoms with E-state index < -0.39 is 0 Å². The number of aryl methyl sites for hydroxylation is 2. The molecule has 4 aromatic rings. The molecule has 1 fully saturated rings. The summed E-state index contributed by atoms with van der Waals surface area (Å²) in [6, 6.07) is 1.97. The lowest BCUT2D eigenvalue weighted by Gasteiger charge is -2.27. The van der Waals surface area contributed by atoms with E-state index >= 15 is 0 Å². The molecule has 1 aliphatic rings. The number of piperazine rings is 1. The topological polar surface area (TPSA) is 96.1 Å². The number of nitrogens with zero attached hydrogens (tertiary/aromatic N) is 6. The molecule has 1 saturated heterocycles. The van der Waals surface area contributed by atoms with Gasteiger partial charge in [0.05, 0.1) is 28.2 Å². The van der Waals surface area contributed by atoms with Crippen LogP contribution >= 0.6 is 0 Å². The Hall–Kier alpha value is -2.78. The van der Waals surface area contributed by atoms with Crippen LogP contribution in [0.3, 0.4) is 0 Å². The molecule has 0 saturated carbocycles. The quantitative estimate of drug-likeness (QED) is 0.547. The molecule has 4 aromatic heterocycles. The summed E-state index contributed by atoms with van der Waals surface area (Å²) in [5.74, 6) is 0. The number of aromatic amines is 1. The highest BCUT2D eigenvalue weighted by Gasteiger charge is 2.17. The van der Waals surface area contributed by atoms with Crippen molar-refractivity contribution in [2.45, 2.75) is 19.9 Å².